The van der Waals surface area contributed by atoms with E-state index in [0.29, 0.717) is 12.2 Å². The van der Waals surface area contributed by atoms with Crippen LogP contribution in [0.4, 0.5) is 0 Å². The maximum Gasteiger partial charge on any atom is 0.338 e. The van der Waals surface area contributed by atoms with E-state index in [-0.39, 0.29) is 24.5 Å². The molecule has 0 bridgehead atoms. The highest BCUT2D eigenvalue weighted by atomic mass is 35.5. The summed E-state index contributed by atoms with van der Waals surface area (Å²) in [7, 11) is 0. The largest absolute Gasteiger partial charge is 1.00 e. The van der Waals surface area contributed by atoms with Crippen LogP contribution in [0.3, 0.4) is 0 Å². The Balaban J connectivity index is 0.00000243. The molecule has 26 heavy (non-hydrogen) atoms. The summed E-state index contributed by atoms with van der Waals surface area (Å²) < 4.78 is 11.1. The molecular weight excluding hydrogens is 350 g/mol. The average Bonchev–Trinajstić information content (AvgIpc) is 2.62. The van der Waals surface area contributed by atoms with E-state index >= 15 is 0 Å². The Bertz CT molecular complexity index is 559. The Morgan fingerprint density at radius 2 is 1.85 bits per heavy atom. The number of nitrogens with one attached hydrogen (secondary N) is 1. The summed E-state index contributed by atoms with van der Waals surface area (Å²) in [4.78, 5) is 14.0. The molecule has 0 spiro atoms. The van der Waals surface area contributed by atoms with Crippen LogP contribution in [-0.4, -0.2) is 37.8 Å². The topological polar surface area (TPSA) is 40.0 Å². The molecule has 146 valence electrons. The van der Waals surface area contributed by atoms with Gasteiger partial charge < -0.3 is 26.8 Å². The summed E-state index contributed by atoms with van der Waals surface area (Å²) in [6.45, 7) is 7.19. The molecule has 1 unspecified atom stereocenters. The monoisotopic (exact) mass is 381 g/mol. The van der Waals surface area contributed by atoms with Crippen molar-refractivity contribution >= 4 is 5.97 Å². The van der Waals surface area contributed by atoms with Gasteiger partial charge in [-0.05, 0) is 76.6 Å². The number of fused-ring (bicyclic) bond motifs is 1. The van der Waals surface area contributed by atoms with E-state index in [2.05, 4.69) is 0 Å². The van der Waals surface area contributed by atoms with Gasteiger partial charge in [-0.25, -0.2) is 4.79 Å². The number of ether oxygens (including phenoxy) is 2. The number of piperidine rings is 2. The average molecular weight is 382 g/mol. The lowest BCUT2D eigenvalue weighted by molar-refractivity contribution is -0.940. The third kappa shape index (κ3) is 5.62. The van der Waals surface area contributed by atoms with Crippen LogP contribution >= 0.6 is 0 Å². The molecule has 4 nitrogen and oxygen atoms in total. The van der Waals surface area contributed by atoms with Crippen molar-refractivity contribution < 1.29 is 31.6 Å². The highest BCUT2D eigenvalue weighted by molar-refractivity contribution is 5.89. The van der Waals surface area contributed by atoms with Gasteiger partial charge in [0.2, 0.25) is 0 Å². The standard InChI is InChI=1S/C21H31NO3.ClH/c1-16(2)25-19-10-8-18(9-11-19)21(23)24-15-12-17-6-5-14-22-13-4-3-7-20(17)22;/h8-11,16-17,20H,3-7,12-15H2,1-2H3;1H/t17-,20+;/m0./s1. The Morgan fingerprint density at radius 3 is 2.58 bits per heavy atom. The molecular formula is C21H32ClNO3. The maximum atomic E-state index is 12.2. The molecule has 0 radical (unpaired) electrons. The first-order valence-electron chi connectivity index (χ1n) is 9.92. The minimum Gasteiger partial charge on any atom is -1.00 e. The molecule has 1 aromatic carbocycles. The van der Waals surface area contributed by atoms with Crippen LogP contribution in [0, 0.1) is 5.92 Å². The van der Waals surface area contributed by atoms with E-state index in [0.717, 1.165) is 24.1 Å². The summed E-state index contributed by atoms with van der Waals surface area (Å²) in [6.07, 6.45) is 7.86. The van der Waals surface area contributed by atoms with Crippen molar-refractivity contribution in [3.05, 3.63) is 29.8 Å². The van der Waals surface area contributed by atoms with Crippen molar-refractivity contribution in [1.29, 1.82) is 0 Å². The lowest BCUT2D eigenvalue weighted by Gasteiger charge is -2.41. The van der Waals surface area contributed by atoms with Gasteiger partial charge in [0.1, 0.15) is 5.75 Å². The lowest BCUT2D eigenvalue weighted by atomic mass is 9.82. The SMILES string of the molecule is CC(C)Oc1ccc(C(=O)OCC[C@@H]2CCC[NH+]3CCCC[C@H]23)cc1.[Cl-]. The van der Waals surface area contributed by atoms with Gasteiger partial charge in [0.05, 0.1) is 37.4 Å². The van der Waals surface area contributed by atoms with Crippen LogP contribution in [0.1, 0.15) is 62.7 Å². The summed E-state index contributed by atoms with van der Waals surface area (Å²) in [6, 6.07) is 8.04. The van der Waals surface area contributed by atoms with Gasteiger partial charge in [-0.3, -0.25) is 0 Å². The van der Waals surface area contributed by atoms with Crippen LogP contribution in [-0.2, 0) is 4.74 Å². The van der Waals surface area contributed by atoms with Crippen molar-refractivity contribution in [2.75, 3.05) is 19.7 Å². The Morgan fingerprint density at radius 1 is 1.12 bits per heavy atom. The third-order valence-corrected chi connectivity index (χ3v) is 5.61. The number of quaternary nitrogens is 1. The van der Waals surface area contributed by atoms with Gasteiger partial charge in [-0.15, -0.1) is 0 Å². The highest BCUT2D eigenvalue weighted by Gasteiger charge is 2.36. The van der Waals surface area contributed by atoms with Crippen LogP contribution in [0.15, 0.2) is 24.3 Å². The van der Waals surface area contributed by atoms with Crippen molar-refractivity contribution in [3.8, 4) is 5.75 Å². The molecule has 5 heteroatoms. The van der Waals surface area contributed by atoms with Crippen LogP contribution < -0.4 is 22.0 Å². The molecule has 3 rings (SSSR count). The second-order valence-corrected chi connectivity index (χ2v) is 7.78. The molecule has 2 heterocycles. The van der Waals surface area contributed by atoms with Gasteiger partial charge in [0, 0.05) is 5.92 Å². The molecule has 1 N–H and O–H groups in total. The Hall–Kier alpha value is -1.26. The summed E-state index contributed by atoms with van der Waals surface area (Å²) >= 11 is 0. The molecule has 1 aromatic rings. The fourth-order valence-corrected chi connectivity index (χ4v) is 4.45. The van der Waals surface area contributed by atoms with E-state index in [9.17, 15) is 4.79 Å². The summed E-state index contributed by atoms with van der Waals surface area (Å²) in [5.74, 6) is 1.28. The minimum absolute atomic E-state index is 0. The first-order chi connectivity index (χ1) is 12.1. The number of hydrogen-bond acceptors (Lipinski definition) is 3. The number of esters is 1. The fourth-order valence-electron chi connectivity index (χ4n) is 4.45. The van der Waals surface area contributed by atoms with Crippen LogP contribution in [0.2, 0.25) is 0 Å². The quantitative estimate of drug-likeness (QED) is 0.698. The van der Waals surface area contributed by atoms with E-state index < -0.39 is 0 Å². The summed E-state index contributed by atoms with van der Waals surface area (Å²) in [5.41, 5.74) is 0.602. The van der Waals surface area contributed by atoms with Crippen LogP contribution in [0.5, 0.6) is 5.75 Å². The molecule has 0 amide bonds. The number of benzene rings is 1. The number of hydrogen-bond donors (Lipinski definition) is 1. The van der Waals surface area contributed by atoms with Gasteiger partial charge in [0.15, 0.2) is 0 Å². The Kier molecular flexibility index (Phi) is 8.23. The fraction of sp³-hybridized carbons (Fsp3) is 0.667. The van der Waals surface area contributed by atoms with Gasteiger partial charge in [-0.1, -0.05) is 0 Å². The zero-order valence-corrected chi connectivity index (χ0v) is 16.8. The third-order valence-electron chi connectivity index (χ3n) is 5.61. The molecule has 2 saturated heterocycles. The first kappa shape index (κ1) is 21.0. The molecule has 2 aliphatic rings. The molecule has 0 saturated carbocycles. The van der Waals surface area contributed by atoms with Crippen molar-refractivity contribution in [3.63, 3.8) is 0 Å². The van der Waals surface area contributed by atoms with Gasteiger partial charge in [0.25, 0.3) is 0 Å². The number of carbonyl (C=O) groups excluding carboxylic acids is 1. The maximum absolute atomic E-state index is 12.2. The molecule has 0 aliphatic carbocycles. The predicted octanol–water partition coefficient (Wildman–Crippen LogP) is -0.128. The zero-order valence-electron chi connectivity index (χ0n) is 16.0. The second-order valence-electron chi connectivity index (χ2n) is 7.78. The van der Waals surface area contributed by atoms with Gasteiger partial charge in [-0.2, -0.15) is 0 Å². The Labute approximate surface area is 163 Å². The van der Waals surface area contributed by atoms with E-state index in [1.165, 1.54) is 45.2 Å². The van der Waals surface area contributed by atoms with Crippen molar-refractivity contribution in [1.82, 2.24) is 0 Å². The lowest BCUT2D eigenvalue weighted by Crippen LogP contribution is -3.18. The predicted molar refractivity (Wildman–Crippen MR) is 98.2 cm³/mol. The molecule has 0 aromatic heterocycles. The van der Waals surface area contributed by atoms with Crippen LogP contribution in [0.25, 0.3) is 0 Å². The van der Waals surface area contributed by atoms with E-state index in [1.807, 2.05) is 26.0 Å². The van der Waals surface area contributed by atoms with Crippen molar-refractivity contribution in [2.45, 2.75) is 64.5 Å². The molecule has 3 atom stereocenters. The zero-order chi connectivity index (χ0) is 17.6. The smallest absolute Gasteiger partial charge is 0.338 e. The molecule has 2 aliphatic heterocycles. The van der Waals surface area contributed by atoms with E-state index in [4.69, 9.17) is 9.47 Å². The van der Waals surface area contributed by atoms with Gasteiger partial charge >= 0.3 is 5.97 Å². The highest BCUT2D eigenvalue weighted by Crippen LogP contribution is 2.23. The minimum atomic E-state index is -0.222. The van der Waals surface area contributed by atoms with E-state index in [1.54, 1.807) is 17.0 Å². The second kappa shape index (κ2) is 10.2. The first-order valence-corrected chi connectivity index (χ1v) is 9.92. The molecule has 2 fully saturated rings. The number of rotatable bonds is 6. The normalized spacial score (nSPS) is 25.1. The number of halogens is 1. The summed E-state index contributed by atoms with van der Waals surface area (Å²) in [5, 5.41) is 0. The number of carbonyl (C=O) groups is 1. The van der Waals surface area contributed by atoms with Crippen molar-refractivity contribution in [2.24, 2.45) is 5.92 Å².